The van der Waals surface area contributed by atoms with Crippen molar-refractivity contribution in [3.63, 3.8) is 0 Å². The van der Waals surface area contributed by atoms with E-state index in [1.165, 1.54) is 6.92 Å². The standard InChI is InChI=1S/C25H33Cl2N3O5/c1-16(31)35-25(2,3)24(33)29-10-11-30(22(32)13-17-6-7-18(26)19(27)12-17)23-20(14-34-15-21(23)29)28-8-4-5-9-28/h6-7,12,20-21,23H,4-5,8-11,13-15H2,1-3H3/t20-,21?,23+/m0/s1. The summed E-state index contributed by atoms with van der Waals surface area (Å²) in [5.74, 6) is -0.800. The molecule has 0 bridgehead atoms. The second-order valence-corrected chi connectivity index (χ2v) is 10.8. The van der Waals surface area contributed by atoms with Crippen molar-refractivity contribution in [2.75, 3.05) is 39.4 Å². The predicted octanol–water partition coefficient (Wildman–Crippen LogP) is 2.78. The normalized spacial score (nSPS) is 25.3. The molecule has 1 aromatic rings. The van der Waals surface area contributed by atoms with Crippen molar-refractivity contribution >= 4 is 41.0 Å². The van der Waals surface area contributed by atoms with Crippen LogP contribution in [0.1, 0.15) is 39.2 Å². The molecule has 10 heteroatoms. The minimum atomic E-state index is -1.30. The first-order valence-electron chi connectivity index (χ1n) is 12.1. The minimum absolute atomic E-state index is 0.0126. The third-order valence-corrected chi connectivity index (χ3v) is 7.89. The molecule has 0 saturated carbocycles. The second-order valence-electron chi connectivity index (χ2n) is 10.0. The van der Waals surface area contributed by atoms with Gasteiger partial charge in [-0.25, -0.2) is 0 Å². The number of likely N-dealkylation sites (tertiary alicyclic amines) is 1. The molecule has 0 N–H and O–H groups in total. The molecule has 2 amide bonds. The number of halogens is 2. The molecule has 0 spiro atoms. The fourth-order valence-electron chi connectivity index (χ4n) is 5.60. The van der Waals surface area contributed by atoms with Crippen LogP contribution in [0.5, 0.6) is 0 Å². The summed E-state index contributed by atoms with van der Waals surface area (Å²) >= 11 is 12.2. The predicted molar refractivity (Wildman–Crippen MR) is 132 cm³/mol. The van der Waals surface area contributed by atoms with Gasteiger partial charge in [0.1, 0.15) is 0 Å². The number of benzene rings is 1. The van der Waals surface area contributed by atoms with E-state index >= 15 is 0 Å². The lowest BCUT2D eigenvalue weighted by atomic mass is 9.89. The first-order chi connectivity index (χ1) is 16.6. The highest BCUT2D eigenvalue weighted by atomic mass is 35.5. The number of esters is 1. The van der Waals surface area contributed by atoms with E-state index in [4.69, 9.17) is 32.7 Å². The van der Waals surface area contributed by atoms with Crippen molar-refractivity contribution in [2.24, 2.45) is 0 Å². The molecular formula is C25H33Cl2N3O5. The molecule has 4 rings (SSSR count). The van der Waals surface area contributed by atoms with Crippen LogP contribution < -0.4 is 0 Å². The summed E-state index contributed by atoms with van der Waals surface area (Å²) in [5.41, 5.74) is -0.510. The van der Waals surface area contributed by atoms with E-state index in [9.17, 15) is 14.4 Å². The van der Waals surface area contributed by atoms with Gasteiger partial charge in [-0.1, -0.05) is 29.3 Å². The summed E-state index contributed by atoms with van der Waals surface area (Å²) in [7, 11) is 0. The van der Waals surface area contributed by atoms with E-state index in [0.717, 1.165) is 31.5 Å². The zero-order valence-electron chi connectivity index (χ0n) is 20.5. The molecule has 192 valence electrons. The lowest BCUT2D eigenvalue weighted by molar-refractivity contribution is -0.180. The van der Waals surface area contributed by atoms with Crippen molar-refractivity contribution in [3.05, 3.63) is 33.8 Å². The fraction of sp³-hybridized carbons (Fsp3) is 0.640. The summed E-state index contributed by atoms with van der Waals surface area (Å²) in [6.45, 7) is 7.97. The van der Waals surface area contributed by atoms with Gasteiger partial charge >= 0.3 is 5.97 Å². The lowest BCUT2D eigenvalue weighted by Crippen LogP contribution is -2.73. The van der Waals surface area contributed by atoms with Crippen LogP contribution in [0.2, 0.25) is 10.0 Å². The molecule has 3 fully saturated rings. The fourth-order valence-corrected chi connectivity index (χ4v) is 5.92. The van der Waals surface area contributed by atoms with Crippen LogP contribution in [-0.4, -0.2) is 95.6 Å². The maximum atomic E-state index is 13.6. The Morgan fingerprint density at radius 2 is 1.66 bits per heavy atom. The van der Waals surface area contributed by atoms with Crippen LogP contribution in [0.15, 0.2) is 18.2 Å². The number of piperazine rings is 1. The van der Waals surface area contributed by atoms with Crippen molar-refractivity contribution in [3.8, 4) is 0 Å². The van der Waals surface area contributed by atoms with Gasteiger partial charge in [-0.3, -0.25) is 19.3 Å². The number of hydrogen-bond donors (Lipinski definition) is 0. The van der Waals surface area contributed by atoms with Crippen molar-refractivity contribution in [1.82, 2.24) is 14.7 Å². The Kier molecular flexibility index (Phi) is 7.95. The molecule has 3 aliphatic rings. The summed E-state index contributed by atoms with van der Waals surface area (Å²) in [6.07, 6.45) is 2.40. The topological polar surface area (TPSA) is 79.4 Å². The Bertz CT molecular complexity index is 982. The second kappa shape index (κ2) is 10.6. The summed E-state index contributed by atoms with van der Waals surface area (Å²) < 4.78 is 11.3. The Balaban J connectivity index is 1.61. The minimum Gasteiger partial charge on any atom is -0.450 e. The highest BCUT2D eigenvalue weighted by Gasteiger charge is 2.51. The molecule has 3 atom stereocenters. The zero-order valence-corrected chi connectivity index (χ0v) is 22.0. The summed E-state index contributed by atoms with van der Waals surface area (Å²) in [4.78, 5) is 44.8. The van der Waals surface area contributed by atoms with Gasteiger partial charge in [0.15, 0.2) is 5.60 Å². The number of carbonyl (C=O) groups is 3. The molecule has 1 aromatic carbocycles. The molecule has 1 unspecified atom stereocenters. The molecular weight excluding hydrogens is 493 g/mol. The zero-order chi connectivity index (χ0) is 25.3. The number of hydrogen-bond acceptors (Lipinski definition) is 6. The van der Waals surface area contributed by atoms with Crippen LogP contribution in [0.25, 0.3) is 0 Å². The Labute approximate surface area is 216 Å². The van der Waals surface area contributed by atoms with E-state index < -0.39 is 11.6 Å². The smallest absolute Gasteiger partial charge is 0.303 e. The molecule has 8 nitrogen and oxygen atoms in total. The molecule has 0 aliphatic carbocycles. The Morgan fingerprint density at radius 1 is 1.00 bits per heavy atom. The molecule has 3 heterocycles. The lowest BCUT2D eigenvalue weighted by Gasteiger charge is -2.55. The van der Waals surface area contributed by atoms with Crippen LogP contribution >= 0.6 is 23.2 Å². The Hall–Kier alpha value is -1.87. The number of fused-ring (bicyclic) bond motifs is 1. The number of nitrogens with zero attached hydrogens (tertiary/aromatic N) is 3. The number of ether oxygens (including phenoxy) is 2. The van der Waals surface area contributed by atoms with E-state index in [0.29, 0.717) is 36.3 Å². The van der Waals surface area contributed by atoms with Crippen LogP contribution in [0.4, 0.5) is 0 Å². The molecule has 3 saturated heterocycles. The molecule has 0 radical (unpaired) electrons. The van der Waals surface area contributed by atoms with Crippen LogP contribution in [0, 0.1) is 0 Å². The van der Waals surface area contributed by atoms with E-state index in [-0.39, 0.29) is 36.4 Å². The van der Waals surface area contributed by atoms with Crippen LogP contribution in [-0.2, 0) is 30.3 Å². The number of amides is 2. The van der Waals surface area contributed by atoms with Crippen molar-refractivity contribution in [1.29, 1.82) is 0 Å². The highest BCUT2D eigenvalue weighted by molar-refractivity contribution is 6.42. The summed E-state index contributed by atoms with van der Waals surface area (Å²) in [6, 6.07) is 4.67. The molecule has 0 aromatic heterocycles. The summed E-state index contributed by atoms with van der Waals surface area (Å²) in [5, 5.41) is 0.864. The SMILES string of the molecule is CC(=O)OC(C)(C)C(=O)N1CCN(C(=O)Cc2ccc(Cl)c(Cl)c2)[C@H]2C1COC[C@@H]2N1CCCC1. The third kappa shape index (κ3) is 5.61. The van der Waals surface area contributed by atoms with Gasteiger partial charge in [-0.15, -0.1) is 0 Å². The molecule has 35 heavy (non-hydrogen) atoms. The average molecular weight is 526 g/mol. The van der Waals surface area contributed by atoms with Gasteiger partial charge < -0.3 is 19.3 Å². The van der Waals surface area contributed by atoms with Crippen LogP contribution in [0.3, 0.4) is 0 Å². The van der Waals surface area contributed by atoms with Gasteiger partial charge in [-0.05, 0) is 57.5 Å². The quantitative estimate of drug-likeness (QED) is 0.550. The monoisotopic (exact) mass is 525 g/mol. The highest BCUT2D eigenvalue weighted by Crippen LogP contribution is 2.32. The average Bonchev–Trinajstić information content (AvgIpc) is 3.34. The maximum Gasteiger partial charge on any atom is 0.303 e. The molecule has 3 aliphatic heterocycles. The van der Waals surface area contributed by atoms with Crippen molar-refractivity contribution in [2.45, 2.75) is 63.8 Å². The van der Waals surface area contributed by atoms with Crippen molar-refractivity contribution < 1.29 is 23.9 Å². The van der Waals surface area contributed by atoms with Gasteiger partial charge in [0.05, 0.1) is 47.8 Å². The van der Waals surface area contributed by atoms with E-state index in [1.807, 2.05) is 11.0 Å². The van der Waals surface area contributed by atoms with Gasteiger partial charge in [0.25, 0.3) is 5.91 Å². The first kappa shape index (κ1) is 26.2. The third-order valence-electron chi connectivity index (χ3n) is 7.15. The van der Waals surface area contributed by atoms with Gasteiger partial charge in [0, 0.05) is 20.0 Å². The number of carbonyl (C=O) groups excluding carboxylic acids is 3. The largest absolute Gasteiger partial charge is 0.450 e. The number of rotatable bonds is 5. The van der Waals surface area contributed by atoms with Gasteiger partial charge in [-0.2, -0.15) is 0 Å². The Morgan fingerprint density at radius 3 is 2.31 bits per heavy atom. The first-order valence-corrected chi connectivity index (χ1v) is 12.9. The van der Waals surface area contributed by atoms with E-state index in [2.05, 4.69) is 4.90 Å². The maximum absolute atomic E-state index is 13.6. The van der Waals surface area contributed by atoms with E-state index in [1.54, 1.807) is 30.9 Å². The van der Waals surface area contributed by atoms with Gasteiger partial charge in [0.2, 0.25) is 5.91 Å².